The fourth-order valence-electron chi connectivity index (χ4n) is 6.06. The molecule has 0 saturated carbocycles. The van der Waals surface area contributed by atoms with Gasteiger partial charge < -0.3 is 28.7 Å². The fourth-order valence-corrected chi connectivity index (χ4v) is 7.38. The van der Waals surface area contributed by atoms with Gasteiger partial charge in [0, 0.05) is 6.42 Å². The van der Waals surface area contributed by atoms with Gasteiger partial charge in [0.05, 0.1) is 26.7 Å². The Balaban J connectivity index is 1.49. The summed E-state index contributed by atoms with van der Waals surface area (Å²) in [7, 11) is 1.11. The summed E-state index contributed by atoms with van der Waals surface area (Å²) in [6, 6.07) is 26.2. The largest absolute Gasteiger partial charge is 0.497 e. The number of carbonyl (C=O) groups excluding carboxylic acids is 1. The van der Waals surface area contributed by atoms with Gasteiger partial charge in [-0.3, -0.25) is 4.57 Å². The van der Waals surface area contributed by atoms with Crippen molar-refractivity contribution in [2.24, 2.45) is 0 Å². The molecule has 250 valence electrons. The Morgan fingerprint density at radius 3 is 1.98 bits per heavy atom. The molecular formula is C37H43N5O5Si. The number of carbonyl (C=O) groups is 1. The molecule has 1 N–H and O–H groups in total. The first-order valence-electron chi connectivity index (χ1n) is 16.1. The lowest BCUT2D eigenvalue weighted by Crippen LogP contribution is -2.45. The maximum atomic E-state index is 11.9. The zero-order valence-electron chi connectivity index (χ0n) is 28.5. The number of benzene rings is 3. The zero-order chi connectivity index (χ0) is 34.1. The Hall–Kier alpha value is -4.58. The Morgan fingerprint density at radius 2 is 1.44 bits per heavy atom. The van der Waals surface area contributed by atoms with Crippen molar-refractivity contribution in [1.29, 1.82) is 0 Å². The van der Waals surface area contributed by atoms with Crippen LogP contribution in [0.25, 0.3) is 11.2 Å². The van der Waals surface area contributed by atoms with Crippen LogP contribution in [0.4, 0.5) is 5.82 Å². The molecule has 6 rings (SSSR count). The van der Waals surface area contributed by atoms with Gasteiger partial charge in [-0.05, 0) is 59.1 Å². The quantitative estimate of drug-likeness (QED) is 0.0896. The normalized spacial score (nSPS) is 18.5. The molecule has 0 amide bonds. The number of imidazole rings is 1. The molecule has 48 heavy (non-hydrogen) atoms. The van der Waals surface area contributed by atoms with Crippen LogP contribution in [0.5, 0.6) is 11.5 Å². The van der Waals surface area contributed by atoms with E-state index in [1.807, 2.05) is 47.0 Å². The van der Waals surface area contributed by atoms with E-state index in [0.717, 1.165) is 34.5 Å². The second-order valence-electron chi connectivity index (χ2n) is 13.6. The molecule has 1 aliphatic rings. The summed E-state index contributed by atoms with van der Waals surface area (Å²) in [5.74, 6) is 2.03. The van der Waals surface area contributed by atoms with Crippen molar-refractivity contribution in [1.82, 2.24) is 19.5 Å². The maximum absolute atomic E-state index is 11.9. The predicted molar refractivity (Wildman–Crippen MR) is 188 cm³/mol. The number of methoxy groups -OCH3 is 2. The van der Waals surface area contributed by atoms with Crippen LogP contribution in [-0.4, -0.2) is 60.6 Å². The lowest BCUT2D eigenvalue weighted by Gasteiger charge is -2.39. The van der Waals surface area contributed by atoms with Gasteiger partial charge in [-0.2, -0.15) is 0 Å². The van der Waals surface area contributed by atoms with E-state index >= 15 is 0 Å². The standard InChI is InChI=1S/C37H43N5O5Si/c1-36(2,3)48(6,7)47-31-21-30(22-43)46-35(31)42-24-40-32-33(38-23-39-34(32)42)41-37(25-11-9-8-10-12-25,26-13-17-28(44-4)18-14-26)27-15-19-29(45-5)20-16-27/h8-20,22-24,30-31,35H,21H2,1-7H3,(H,38,39,41)/t30-,31+,35+/m0/s1. The maximum Gasteiger partial charge on any atom is 0.192 e. The van der Waals surface area contributed by atoms with Gasteiger partial charge >= 0.3 is 0 Å². The molecule has 3 aromatic carbocycles. The number of aromatic nitrogens is 4. The third kappa shape index (κ3) is 6.09. The summed E-state index contributed by atoms with van der Waals surface area (Å²) in [5, 5.41) is 3.81. The highest BCUT2D eigenvalue weighted by atomic mass is 28.4. The van der Waals surface area contributed by atoms with E-state index in [2.05, 4.69) is 80.6 Å². The molecule has 1 aliphatic heterocycles. The van der Waals surface area contributed by atoms with Gasteiger partial charge in [0.25, 0.3) is 0 Å². The molecule has 0 aliphatic carbocycles. The summed E-state index contributed by atoms with van der Waals surface area (Å²) in [6.45, 7) is 11.0. The SMILES string of the molecule is COc1ccc(C(Nc2ncnc3c2ncn3[C@@H]2O[C@H](C=O)C[C@H]2O[Si](C)(C)C(C)(C)C)(c2ccccc2)c2ccc(OC)cc2)cc1. The first kappa shape index (κ1) is 33.3. The molecule has 1 fully saturated rings. The molecule has 0 spiro atoms. The van der Waals surface area contributed by atoms with Crippen LogP contribution >= 0.6 is 0 Å². The summed E-state index contributed by atoms with van der Waals surface area (Å²) >= 11 is 0. The summed E-state index contributed by atoms with van der Waals surface area (Å²) < 4.78 is 26.0. The lowest BCUT2D eigenvalue weighted by atomic mass is 9.77. The molecule has 10 nitrogen and oxygen atoms in total. The van der Waals surface area contributed by atoms with Gasteiger partial charge in [0.2, 0.25) is 0 Å². The number of fused-ring (bicyclic) bond motifs is 1. The smallest absolute Gasteiger partial charge is 0.192 e. The number of nitrogens with zero attached hydrogens (tertiary/aromatic N) is 4. The summed E-state index contributed by atoms with van der Waals surface area (Å²) in [5.41, 5.74) is 3.12. The van der Waals surface area contributed by atoms with Gasteiger partial charge in [-0.25, -0.2) is 15.0 Å². The first-order chi connectivity index (χ1) is 23.0. The second-order valence-corrected chi connectivity index (χ2v) is 18.4. The van der Waals surface area contributed by atoms with E-state index in [1.54, 1.807) is 20.5 Å². The summed E-state index contributed by atoms with van der Waals surface area (Å²) in [6.07, 6.45) is 3.03. The van der Waals surface area contributed by atoms with E-state index in [4.69, 9.17) is 28.6 Å². The molecule has 1 saturated heterocycles. The van der Waals surface area contributed by atoms with Crippen LogP contribution in [0.2, 0.25) is 18.1 Å². The van der Waals surface area contributed by atoms with E-state index in [9.17, 15) is 4.79 Å². The zero-order valence-corrected chi connectivity index (χ0v) is 29.5. The third-order valence-electron chi connectivity index (χ3n) is 9.69. The molecule has 11 heteroatoms. The highest BCUT2D eigenvalue weighted by molar-refractivity contribution is 6.74. The van der Waals surface area contributed by atoms with Crippen molar-refractivity contribution in [3.8, 4) is 11.5 Å². The van der Waals surface area contributed by atoms with Crippen molar-refractivity contribution in [2.45, 2.75) is 69.3 Å². The Kier molecular flexibility index (Phi) is 9.12. The van der Waals surface area contributed by atoms with Gasteiger partial charge in [0.1, 0.15) is 35.8 Å². The summed E-state index contributed by atoms with van der Waals surface area (Å²) in [4.78, 5) is 26.2. The highest BCUT2D eigenvalue weighted by Crippen LogP contribution is 2.44. The van der Waals surface area contributed by atoms with Crippen LogP contribution in [0.15, 0.2) is 91.5 Å². The molecule has 0 unspecified atom stereocenters. The predicted octanol–water partition coefficient (Wildman–Crippen LogP) is 7.12. The van der Waals surface area contributed by atoms with Crippen molar-refractivity contribution in [2.75, 3.05) is 19.5 Å². The van der Waals surface area contributed by atoms with Crippen molar-refractivity contribution >= 4 is 31.6 Å². The van der Waals surface area contributed by atoms with Crippen LogP contribution in [0.3, 0.4) is 0 Å². The van der Waals surface area contributed by atoms with E-state index in [0.29, 0.717) is 23.4 Å². The Labute approximate surface area is 282 Å². The average molecular weight is 666 g/mol. The van der Waals surface area contributed by atoms with Crippen molar-refractivity contribution in [3.05, 3.63) is 108 Å². The molecule has 3 atom stereocenters. The molecule has 3 heterocycles. The van der Waals surface area contributed by atoms with E-state index in [1.165, 1.54) is 6.33 Å². The number of ether oxygens (including phenoxy) is 3. The second kappa shape index (κ2) is 13.1. The van der Waals surface area contributed by atoms with Crippen molar-refractivity contribution in [3.63, 3.8) is 0 Å². The van der Waals surface area contributed by atoms with E-state index < -0.39 is 26.2 Å². The topological polar surface area (TPSA) is 110 Å². The average Bonchev–Trinajstić information content (AvgIpc) is 3.71. The number of anilines is 1. The monoisotopic (exact) mass is 665 g/mol. The van der Waals surface area contributed by atoms with Crippen LogP contribution in [0, 0.1) is 0 Å². The van der Waals surface area contributed by atoms with Crippen LogP contribution in [-0.2, 0) is 19.5 Å². The van der Waals surface area contributed by atoms with Crippen LogP contribution < -0.4 is 14.8 Å². The number of hydrogen-bond donors (Lipinski definition) is 1. The fraction of sp³-hybridized carbons (Fsp3) is 0.351. The minimum atomic E-state index is -2.20. The Bertz CT molecular complexity index is 1810. The molecule has 0 bridgehead atoms. The lowest BCUT2D eigenvalue weighted by molar-refractivity contribution is -0.120. The highest BCUT2D eigenvalue weighted by Gasteiger charge is 2.46. The third-order valence-corrected chi connectivity index (χ3v) is 14.2. The minimum Gasteiger partial charge on any atom is -0.497 e. The molecule has 5 aromatic rings. The molecular weight excluding hydrogens is 623 g/mol. The first-order valence-corrected chi connectivity index (χ1v) is 19.0. The number of aldehydes is 1. The van der Waals surface area contributed by atoms with Crippen LogP contribution in [0.1, 0.15) is 50.1 Å². The number of hydrogen-bond acceptors (Lipinski definition) is 9. The Morgan fingerprint density at radius 1 is 0.854 bits per heavy atom. The van der Waals surface area contributed by atoms with Gasteiger partial charge in [-0.15, -0.1) is 0 Å². The number of nitrogens with one attached hydrogen (secondary N) is 1. The van der Waals surface area contributed by atoms with Crippen molar-refractivity contribution < 1.29 is 23.4 Å². The number of rotatable bonds is 11. The minimum absolute atomic E-state index is 0.0171. The molecule has 2 aromatic heterocycles. The van der Waals surface area contributed by atoms with E-state index in [-0.39, 0.29) is 11.1 Å². The van der Waals surface area contributed by atoms with Gasteiger partial charge in [0.15, 0.2) is 31.5 Å². The van der Waals surface area contributed by atoms with Gasteiger partial charge in [-0.1, -0.05) is 75.4 Å². The molecule has 0 radical (unpaired) electrons.